The Morgan fingerprint density at radius 2 is 1.88 bits per heavy atom. The number of anilines is 1. The fraction of sp³-hybridized carbons (Fsp3) is 0.222. The van der Waals surface area contributed by atoms with Gasteiger partial charge in [-0.25, -0.2) is 13.2 Å². The summed E-state index contributed by atoms with van der Waals surface area (Å²) >= 11 is 0. The second-order valence-corrected chi connectivity index (χ2v) is 5.78. The van der Waals surface area contributed by atoms with Crippen LogP contribution in [0.25, 0.3) is 0 Å². The summed E-state index contributed by atoms with van der Waals surface area (Å²) in [7, 11) is 1.30. The molecule has 5 nitrogen and oxygen atoms in total. The molecule has 2 aromatic rings. The third kappa shape index (κ3) is 3.10. The van der Waals surface area contributed by atoms with Gasteiger partial charge >= 0.3 is 0 Å². The first kappa shape index (κ1) is 17.8. The highest BCUT2D eigenvalue weighted by atomic mass is 19.2. The van der Waals surface area contributed by atoms with Gasteiger partial charge < -0.3 is 15.4 Å². The standard InChI is InChI=1S/C18H15F3N2O3/c1-26-13-7-2-4-9(15(13)20)10-8-22-17(24)14(10)18(25)23-12-6-3-5-11(19)16(12)21/h2-7,10,14H,8H2,1H3,(H,22,24)(H,23,25)/t10-,14-/m1/s1. The minimum Gasteiger partial charge on any atom is -0.494 e. The van der Waals surface area contributed by atoms with Gasteiger partial charge in [0.25, 0.3) is 0 Å². The molecule has 2 amide bonds. The molecule has 0 aliphatic carbocycles. The van der Waals surface area contributed by atoms with E-state index in [1.165, 1.54) is 31.4 Å². The van der Waals surface area contributed by atoms with Crippen molar-refractivity contribution in [1.82, 2.24) is 5.32 Å². The highest BCUT2D eigenvalue weighted by molar-refractivity contribution is 6.08. The second-order valence-electron chi connectivity index (χ2n) is 5.78. The van der Waals surface area contributed by atoms with Crippen molar-refractivity contribution in [3.05, 3.63) is 59.4 Å². The van der Waals surface area contributed by atoms with E-state index < -0.39 is 41.1 Å². The molecule has 0 aromatic heterocycles. The lowest BCUT2D eigenvalue weighted by Gasteiger charge is -2.18. The van der Waals surface area contributed by atoms with Crippen LogP contribution in [0, 0.1) is 23.4 Å². The molecule has 1 fully saturated rings. The first-order chi connectivity index (χ1) is 12.4. The van der Waals surface area contributed by atoms with E-state index in [0.29, 0.717) is 0 Å². The van der Waals surface area contributed by atoms with Gasteiger partial charge in [-0.15, -0.1) is 0 Å². The Balaban J connectivity index is 1.91. The predicted molar refractivity (Wildman–Crippen MR) is 87.2 cm³/mol. The van der Waals surface area contributed by atoms with Crippen LogP contribution in [0.2, 0.25) is 0 Å². The van der Waals surface area contributed by atoms with Crippen LogP contribution in [0.4, 0.5) is 18.9 Å². The van der Waals surface area contributed by atoms with E-state index in [9.17, 15) is 22.8 Å². The maximum absolute atomic E-state index is 14.5. The number of hydrogen-bond donors (Lipinski definition) is 2. The van der Waals surface area contributed by atoms with Crippen LogP contribution in [-0.2, 0) is 9.59 Å². The van der Waals surface area contributed by atoms with E-state index in [1.807, 2.05) is 0 Å². The number of rotatable bonds is 4. The molecule has 1 aliphatic rings. The van der Waals surface area contributed by atoms with Gasteiger partial charge in [0.1, 0.15) is 5.92 Å². The topological polar surface area (TPSA) is 67.4 Å². The van der Waals surface area contributed by atoms with Crippen LogP contribution in [0.5, 0.6) is 5.75 Å². The van der Waals surface area contributed by atoms with E-state index in [4.69, 9.17) is 4.74 Å². The lowest BCUT2D eigenvalue weighted by atomic mass is 9.87. The first-order valence-electron chi connectivity index (χ1n) is 7.79. The minimum absolute atomic E-state index is 0.0165. The smallest absolute Gasteiger partial charge is 0.237 e. The molecule has 0 radical (unpaired) electrons. The summed E-state index contributed by atoms with van der Waals surface area (Å²) in [6, 6.07) is 7.71. The number of ether oxygens (including phenoxy) is 1. The summed E-state index contributed by atoms with van der Waals surface area (Å²) in [4.78, 5) is 24.6. The van der Waals surface area contributed by atoms with Gasteiger partial charge in [0.15, 0.2) is 23.2 Å². The van der Waals surface area contributed by atoms with Crippen molar-refractivity contribution < 1.29 is 27.5 Å². The number of halogens is 3. The molecule has 2 aromatic carbocycles. The fourth-order valence-corrected chi connectivity index (χ4v) is 2.99. The predicted octanol–water partition coefficient (Wildman–Crippen LogP) is 2.58. The molecule has 1 aliphatic heterocycles. The van der Waals surface area contributed by atoms with Crippen LogP contribution >= 0.6 is 0 Å². The Morgan fingerprint density at radius 1 is 1.15 bits per heavy atom. The maximum Gasteiger partial charge on any atom is 0.237 e. The molecule has 3 rings (SSSR count). The summed E-state index contributed by atoms with van der Waals surface area (Å²) < 4.78 is 46.5. The van der Waals surface area contributed by atoms with Gasteiger partial charge in [0.2, 0.25) is 11.8 Å². The lowest BCUT2D eigenvalue weighted by molar-refractivity contribution is -0.130. The molecule has 2 N–H and O–H groups in total. The molecule has 136 valence electrons. The lowest BCUT2D eigenvalue weighted by Crippen LogP contribution is -2.32. The molecule has 0 saturated carbocycles. The van der Waals surface area contributed by atoms with Crippen LogP contribution in [-0.4, -0.2) is 25.5 Å². The van der Waals surface area contributed by atoms with Crippen molar-refractivity contribution in [2.75, 3.05) is 19.0 Å². The van der Waals surface area contributed by atoms with Crippen molar-refractivity contribution in [2.24, 2.45) is 5.92 Å². The zero-order valence-corrected chi connectivity index (χ0v) is 13.7. The normalized spacial score (nSPS) is 19.2. The largest absolute Gasteiger partial charge is 0.494 e. The number of amides is 2. The highest BCUT2D eigenvalue weighted by Crippen LogP contribution is 2.34. The van der Waals surface area contributed by atoms with Crippen molar-refractivity contribution in [2.45, 2.75) is 5.92 Å². The Labute approximate surface area is 147 Å². The highest BCUT2D eigenvalue weighted by Gasteiger charge is 2.42. The summed E-state index contributed by atoms with van der Waals surface area (Å²) in [6.45, 7) is 0.0344. The summed E-state index contributed by atoms with van der Waals surface area (Å²) in [5, 5.41) is 4.70. The number of hydrogen-bond acceptors (Lipinski definition) is 3. The monoisotopic (exact) mass is 364 g/mol. The average Bonchev–Trinajstić information content (AvgIpc) is 3.00. The van der Waals surface area contributed by atoms with Gasteiger partial charge in [-0.05, 0) is 23.8 Å². The third-order valence-electron chi connectivity index (χ3n) is 4.29. The van der Waals surface area contributed by atoms with Crippen molar-refractivity contribution >= 4 is 17.5 Å². The molecule has 1 heterocycles. The maximum atomic E-state index is 14.5. The molecular formula is C18H15F3N2O3. The summed E-state index contributed by atoms with van der Waals surface area (Å²) in [5.41, 5.74) is -0.262. The molecule has 26 heavy (non-hydrogen) atoms. The van der Waals surface area contributed by atoms with Gasteiger partial charge in [-0.1, -0.05) is 18.2 Å². The quantitative estimate of drug-likeness (QED) is 0.820. The van der Waals surface area contributed by atoms with E-state index in [-0.39, 0.29) is 23.5 Å². The van der Waals surface area contributed by atoms with Crippen LogP contribution in [0.3, 0.4) is 0 Å². The molecular weight excluding hydrogens is 349 g/mol. The van der Waals surface area contributed by atoms with Crippen LogP contribution in [0.1, 0.15) is 11.5 Å². The van der Waals surface area contributed by atoms with Gasteiger partial charge in [0, 0.05) is 12.5 Å². The van der Waals surface area contributed by atoms with Crippen molar-refractivity contribution in [3.63, 3.8) is 0 Å². The fourth-order valence-electron chi connectivity index (χ4n) is 2.99. The first-order valence-corrected chi connectivity index (χ1v) is 7.79. The number of benzene rings is 2. The Kier molecular flexibility index (Phi) is 4.83. The molecule has 0 unspecified atom stereocenters. The second kappa shape index (κ2) is 7.07. The number of carbonyl (C=O) groups is 2. The molecule has 0 spiro atoms. The van der Waals surface area contributed by atoms with E-state index in [0.717, 1.165) is 6.07 Å². The van der Waals surface area contributed by atoms with Crippen LogP contribution in [0.15, 0.2) is 36.4 Å². The van der Waals surface area contributed by atoms with Gasteiger partial charge in [-0.2, -0.15) is 0 Å². The summed E-state index contributed by atoms with van der Waals surface area (Å²) in [6.07, 6.45) is 0. The van der Waals surface area contributed by atoms with Gasteiger partial charge in [-0.3, -0.25) is 9.59 Å². The molecule has 0 bridgehead atoms. The van der Waals surface area contributed by atoms with Crippen LogP contribution < -0.4 is 15.4 Å². The van der Waals surface area contributed by atoms with E-state index >= 15 is 0 Å². The van der Waals surface area contributed by atoms with Crippen molar-refractivity contribution in [3.8, 4) is 5.75 Å². The Bertz CT molecular complexity index is 873. The molecule has 2 atom stereocenters. The Morgan fingerprint density at radius 3 is 2.62 bits per heavy atom. The third-order valence-corrected chi connectivity index (χ3v) is 4.29. The zero-order chi connectivity index (χ0) is 18.8. The zero-order valence-electron chi connectivity index (χ0n) is 13.7. The summed E-state index contributed by atoms with van der Waals surface area (Å²) in [5.74, 6) is -6.63. The van der Waals surface area contributed by atoms with E-state index in [1.54, 1.807) is 6.07 Å². The molecule has 8 heteroatoms. The van der Waals surface area contributed by atoms with Gasteiger partial charge in [0.05, 0.1) is 12.8 Å². The average molecular weight is 364 g/mol. The minimum atomic E-state index is -1.29. The number of carbonyl (C=O) groups excluding carboxylic acids is 2. The Hall–Kier alpha value is -3.03. The number of methoxy groups -OCH3 is 1. The molecule has 1 saturated heterocycles. The SMILES string of the molecule is COc1cccc([C@H]2CNC(=O)[C@@H]2C(=O)Nc2cccc(F)c2F)c1F. The number of nitrogens with one attached hydrogen (secondary N) is 2. The van der Waals surface area contributed by atoms with Crippen molar-refractivity contribution in [1.29, 1.82) is 0 Å². The van der Waals surface area contributed by atoms with E-state index in [2.05, 4.69) is 10.6 Å².